The highest BCUT2D eigenvalue weighted by Gasteiger charge is 2.05. The van der Waals surface area contributed by atoms with E-state index < -0.39 is 5.82 Å². The molecule has 0 aromatic heterocycles. The Bertz CT molecular complexity index is 377. The van der Waals surface area contributed by atoms with Crippen LogP contribution in [0.2, 0.25) is 0 Å². The molecule has 0 aliphatic heterocycles. The van der Waals surface area contributed by atoms with Crippen molar-refractivity contribution in [3.63, 3.8) is 0 Å². The van der Waals surface area contributed by atoms with Crippen LogP contribution in [0.25, 0.3) is 0 Å². The zero-order valence-corrected chi connectivity index (χ0v) is 9.59. The highest BCUT2D eigenvalue weighted by molar-refractivity contribution is 5.90. The summed E-state index contributed by atoms with van der Waals surface area (Å²) >= 11 is 0. The fourth-order valence-corrected chi connectivity index (χ4v) is 1.25. The number of nitrogens with one attached hydrogen (secondary N) is 1. The molecule has 88 valence electrons. The van der Waals surface area contributed by atoms with E-state index in [1.807, 2.05) is 0 Å². The van der Waals surface area contributed by atoms with E-state index in [1.54, 1.807) is 6.07 Å². The Balaban J connectivity index is 2.53. The second-order valence-electron chi connectivity index (χ2n) is 4.22. The molecular weight excluding hydrogens is 207 g/mol. The Labute approximate surface area is 94.8 Å². The van der Waals surface area contributed by atoms with Crippen LogP contribution in [0.4, 0.5) is 15.8 Å². The van der Waals surface area contributed by atoms with Gasteiger partial charge < -0.3 is 11.1 Å². The highest BCUT2D eigenvalue weighted by Crippen LogP contribution is 2.16. The summed E-state index contributed by atoms with van der Waals surface area (Å²) in [6.07, 6.45) is 1.27. The van der Waals surface area contributed by atoms with Gasteiger partial charge in [-0.25, -0.2) is 4.39 Å². The van der Waals surface area contributed by atoms with Crippen LogP contribution in [0.15, 0.2) is 18.2 Å². The lowest BCUT2D eigenvalue weighted by atomic mass is 10.1. The minimum Gasteiger partial charge on any atom is -0.396 e. The van der Waals surface area contributed by atoms with Gasteiger partial charge in [0.2, 0.25) is 5.91 Å². The fourth-order valence-electron chi connectivity index (χ4n) is 1.25. The maximum absolute atomic E-state index is 13.1. The Hall–Kier alpha value is -1.58. The lowest BCUT2D eigenvalue weighted by molar-refractivity contribution is -0.116. The quantitative estimate of drug-likeness (QED) is 0.773. The van der Waals surface area contributed by atoms with Crippen LogP contribution in [0.3, 0.4) is 0 Å². The molecule has 0 aliphatic rings. The van der Waals surface area contributed by atoms with E-state index in [-0.39, 0.29) is 11.6 Å². The maximum Gasteiger partial charge on any atom is 0.224 e. The molecule has 0 spiro atoms. The standard InChI is InChI=1S/C12H17FN2O/c1-8(2)3-6-12(16)15-9-4-5-11(14)10(13)7-9/h4-5,7-8H,3,6,14H2,1-2H3,(H,15,16). The smallest absolute Gasteiger partial charge is 0.224 e. The van der Waals surface area contributed by atoms with Crippen molar-refractivity contribution in [3.8, 4) is 0 Å². The van der Waals surface area contributed by atoms with Crippen molar-refractivity contribution in [3.05, 3.63) is 24.0 Å². The number of nitrogen functional groups attached to an aromatic ring is 1. The van der Waals surface area contributed by atoms with Gasteiger partial charge in [0, 0.05) is 12.1 Å². The first-order chi connectivity index (χ1) is 7.49. The van der Waals surface area contributed by atoms with Gasteiger partial charge in [-0.3, -0.25) is 4.79 Å². The summed E-state index contributed by atoms with van der Waals surface area (Å²) in [6, 6.07) is 4.25. The number of rotatable bonds is 4. The molecule has 0 radical (unpaired) electrons. The first-order valence-electron chi connectivity index (χ1n) is 5.34. The molecule has 0 aliphatic carbocycles. The third-order valence-corrected chi connectivity index (χ3v) is 2.23. The van der Waals surface area contributed by atoms with E-state index in [4.69, 9.17) is 5.73 Å². The van der Waals surface area contributed by atoms with Crippen LogP contribution in [0.1, 0.15) is 26.7 Å². The molecule has 1 aromatic carbocycles. The lowest BCUT2D eigenvalue weighted by Gasteiger charge is -2.07. The molecule has 0 atom stereocenters. The number of hydrogen-bond donors (Lipinski definition) is 2. The average Bonchev–Trinajstić information content (AvgIpc) is 2.21. The Kier molecular flexibility index (Phi) is 4.28. The Morgan fingerprint density at radius 2 is 2.19 bits per heavy atom. The second-order valence-corrected chi connectivity index (χ2v) is 4.22. The van der Waals surface area contributed by atoms with Crippen molar-refractivity contribution in [1.29, 1.82) is 0 Å². The number of carbonyl (C=O) groups excluding carboxylic acids is 1. The lowest BCUT2D eigenvalue weighted by Crippen LogP contribution is -2.12. The number of carbonyl (C=O) groups is 1. The monoisotopic (exact) mass is 224 g/mol. The van der Waals surface area contributed by atoms with Gasteiger partial charge in [0.25, 0.3) is 0 Å². The minimum absolute atomic E-state index is 0.0835. The summed E-state index contributed by atoms with van der Waals surface area (Å²) in [7, 11) is 0. The molecule has 1 aromatic rings. The van der Waals surface area contributed by atoms with Crippen molar-refractivity contribution >= 4 is 17.3 Å². The van der Waals surface area contributed by atoms with E-state index in [0.717, 1.165) is 6.42 Å². The van der Waals surface area contributed by atoms with Crippen LogP contribution < -0.4 is 11.1 Å². The van der Waals surface area contributed by atoms with Gasteiger partial charge in [-0.1, -0.05) is 13.8 Å². The van der Waals surface area contributed by atoms with E-state index >= 15 is 0 Å². The first-order valence-corrected chi connectivity index (χ1v) is 5.34. The maximum atomic E-state index is 13.1. The number of amides is 1. The van der Waals surface area contributed by atoms with Crippen molar-refractivity contribution in [2.24, 2.45) is 5.92 Å². The average molecular weight is 224 g/mol. The number of anilines is 2. The van der Waals surface area contributed by atoms with Gasteiger partial charge in [0.1, 0.15) is 5.82 Å². The van der Waals surface area contributed by atoms with Crippen LogP contribution >= 0.6 is 0 Å². The molecule has 3 N–H and O–H groups in total. The molecule has 0 saturated carbocycles. The van der Waals surface area contributed by atoms with Crippen molar-refractivity contribution in [2.45, 2.75) is 26.7 Å². The van der Waals surface area contributed by atoms with Crippen LogP contribution in [0, 0.1) is 11.7 Å². The van der Waals surface area contributed by atoms with E-state index in [9.17, 15) is 9.18 Å². The van der Waals surface area contributed by atoms with Gasteiger partial charge in [0.15, 0.2) is 0 Å². The van der Waals surface area contributed by atoms with Crippen molar-refractivity contribution < 1.29 is 9.18 Å². The predicted molar refractivity (Wildman–Crippen MR) is 63.5 cm³/mol. The topological polar surface area (TPSA) is 55.1 Å². The Morgan fingerprint density at radius 3 is 2.75 bits per heavy atom. The summed E-state index contributed by atoms with van der Waals surface area (Å²) in [5, 5.41) is 2.63. The molecule has 0 saturated heterocycles. The zero-order chi connectivity index (χ0) is 12.1. The molecule has 0 fully saturated rings. The number of hydrogen-bond acceptors (Lipinski definition) is 2. The summed E-state index contributed by atoms with van der Waals surface area (Å²) in [5.74, 6) is -0.131. The molecule has 16 heavy (non-hydrogen) atoms. The molecule has 1 amide bonds. The molecule has 1 rings (SSSR count). The molecule has 3 nitrogen and oxygen atoms in total. The molecular formula is C12H17FN2O. The van der Waals surface area contributed by atoms with E-state index in [2.05, 4.69) is 19.2 Å². The minimum atomic E-state index is -0.512. The highest BCUT2D eigenvalue weighted by atomic mass is 19.1. The van der Waals surface area contributed by atoms with Crippen molar-refractivity contribution in [2.75, 3.05) is 11.1 Å². The summed E-state index contributed by atoms with van der Waals surface area (Å²) < 4.78 is 13.1. The largest absolute Gasteiger partial charge is 0.396 e. The zero-order valence-electron chi connectivity index (χ0n) is 9.59. The van der Waals surface area contributed by atoms with Gasteiger partial charge in [-0.05, 0) is 30.5 Å². The third-order valence-electron chi connectivity index (χ3n) is 2.23. The van der Waals surface area contributed by atoms with Gasteiger partial charge in [-0.15, -0.1) is 0 Å². The normalized spacial score (nSPS) is 10.5. The van der Waals surface area contributed by atoms with E-state index in [0.29, 0.717) is 18.0 Å². The van der Waals surface area contributed by atoms with Crippen LogP contribution in [-0.4, -0.2) is 5.91 Å². The van der Waals surface area contributed by atoms with Gasteiger partial charge in [-0.2, -0.15) is 0 Å². The molecule has 0 heterocycles. The van der Waals surface area contributed by atoms with Crippen LogP contribution in [0.5, 0.6) is 0 Å². The van der Waals surface area contributed by atoms with Crippen LogP contribution in [-0.2, 0) is 4.79 Å². The van der Waals surface area contributed by atoms with Crippen molar-refractivity contribution in [1.82, 2.24) is 0 Å². The fraction of sp³-hybridized carbons (Fsp3) is 0.417. The Morgan fingerprint density at radius 1 is 1.50 bits per heavy atom. The number of nitrogens with two attached hydrogens (primary N) is 1. The number of halogens is 1. The predicted octanol–water partition coefficient (Wildman–Crippen LogP) is 2.78. The second kappa shape index (κ2) is 5.49. The summed E-state index contributed by atoms with van der Waals surface area (Å²) in [6.45, 7) is 4.10. The third kappa shape index (κ3) is 3.88. The molecule has 0 bridgehead atoms. The van der Waals surface area contributed by atoms with Gasteiger partial charge in [0.05, 0.1) is 5.69 Å². The molecule has 4 heteroatoms. The molecule has 0 unspecified atom stereocenters. The SMILES string of the molecule is CC(C)CCC(=O)Nc1ccc(N)c(F)c1. The summed E-state index contributed by atoms with van der Waals surface area (Å²) in [4.78, 5) is 11.4. The van der Waals surface area contributed by atoms with E-state index in [1.165, 1.54) is 12.1 Å². The first kappa shape index (κ1) is 12.5. The summed E-state index contributed by atoms with van der Waals surface area (Å²) in [5.41, 5.74) is 5.86. The van der Waals surface area contributed by atoms with Gasteiger partial charge >= 0.3 is 0 Å². The number of benzene rings is 1.